The Morgan fingerprint density at radius 1 is 1.53 bits per heavy atom. The van der Waals surface area contributed by atoms with Crippen molar-refractivity contribution in [1.82, 2.24) is 5.43 Å². The van der Waals surface area contributed by atoms with Gasteiger partial charge in [0.05, 0.1) is 11.1 Å². The van der Waals surface area contributed by atoms with Crippen molar-refractivity contribution >= 4 is 11.6 Å². The highest BCUT2D eigenvalue weighted by molar-refractivity contribution is 6.30. The third kappa shape index (κ3) is 3.64. The molecule has 96 valence electrons. The van der Waals surface area contributed by atoms with E-state index in [2.05, 4.69) is 5.43 Å². The standard InChI is InChI=1S/C12H18ClFN2O/c1-8(6-7-17-2)12(16-15)9-4-3-5-10(13)11(9)14/h3-5,8,12,16H,6-7,15H2,1-2H3. The van der Waals surface area contributed by atoms with Gasteiger partial charge in [-0.3, -0.25) is 11.3 Å². The summed E-state index contributed by atoms with van der Waals surface area (Å²) in [5.41, 5.74) is 3.13. The van der Waals surface area contributed by atoms with Crippen molar-refractivity contribution in [3.05, 3.63) is 34.6 Å². The summed E-state index contributed by atoms with van der Waals surface area (Å²) in [6.45, 7) is 2.60. The maximum Gasteiger partial charge on any atom is 0.146 e. The molecule has 0 fully saturated rings. The summed E-state index contributed by atoms with van der Waals surface area (Å²) in [4.78, 5) is 0. The molecule has 0 aliphatic rings. The monoisotopic (exact) mass is 260 g/mol. The minimum absolute atomic E-state index is 0.113. The lowest BCUT2D eigenvalue weighted by Crippen LogP contribution is -2.33. The topological polar surface area (TPSA) is 47.3 Å². The summed E-state index contributed by atoms with van der Waals surface area (Å²) in [7, 11) is 1.64. The van der Waals surface area contributed by atoms with Crippen LogP contribution in [0, 0.1) is 11.7 Å². The smallest absolute Gasteiger partial charge is 0.146 e. The summed E-state index contributed by atoms with van der Waals surface area (Å²) in [5.74, 6) is 5.23. The van der Waals surface area contributed by atoms with E-state index in [4.69, 9.17) is 22.2 Å². The van der Waals surface area contributed by atoms with Gasteiger partial charge in [0, 0.05) is 19.3 Å². The fraction of sp³-hybridized carbons (Fsp3) is 0.500. The summed E-state index contributed by atoms with van der Waals surface area (Å²) < 4.78 is 18.9. The van der Waals surface area contributed by atoms with Gasteiger partial charge in [0.15, 0.2) is 0 Å². The fourth-order valence-corrected chi connectivity index (χ4v) is 1.97. The van der Waals surface area contributed by atoms with E-state index in [1.807, 2.05) is 6.92 Å². The molecule has 3 N–H and O–H groups in total. The van der Waals surface area contributed by atoms with Crippen LogP contribution in [0.3, 0.4) is 0 Å². The van der Waals surface area contributed by atoms with Gasteiger partial charge >= 0.3 is 0 Å². The third-order valence-corrected chi connectivity index (χ3v) is 3.13. The zero-order valence-electron chi connectivity index (χ0n) is 10.0. The quantitative estimate of drug-likeness (QED) is 0.611. The lowest BCUT2D eigenvalue weighted by Gasteiger charge is -2.24. The molecule has 5 heteroatoms. The van der Waals surface area contributed by atoms with Crippen LogP contribution >= 0.6 is 11.6 Å². The van der Waals surface area contributed by atoms with E-state index in [9.17, 15) is 4.39 Å². The molecule has 17 heavy (non-hydrogen) atoms. The Bertz CT molecular complexity index is 362. The molecule has 1 rings (SSSR count). The highest BCUT2D eigenvalue weighted by Crippen LogP contribution is 2.29. The summed E-state index contributed by atoms with van der Waals surface area (Å²) in [5, 5.41) is 0.113. The van der Waals surface area contributed by atoms with Crippen molar-refractivity contribution < 1.29 is 9.13 Å². The van der Waals surface area contributed by atoms with Gasteiger partial charge < -0.3 is 4.74 Å². The molecule has 1 aromatic rings. The predicted octanol–water partition coefficient (Wildman–Crippen LogP) is 2.66. The number of methoxy groups -OCH3 is 1. The number of hydrazine groups is 1. The SMILES string of the molecule is COCCC(C)C(NN)c1cccc(Cl)c1F. The van der Waals surface area contributed by atoms with Crippen molar-refractivity contribution in [2.24, 2.45) is 11.8 Å². The van der Waals surface area contributed by atoms with Crippen molar-refractivity contribution in [1.29, 1.82) is 0 Å². The Balaban J connectivity index is 2.89. The van der Waals surface area contributed by atoms with Crippen LogP contribution in [0.1, 0.15) is 24.9 Å². The van der Waals surface area contributed by atoms with Gasteiger partial charge in [-0.15, -0.1) is 0 Å². The maximum absolute atomic E-state index is 13.9. The number of benzene rings is 1. The predicted molar refractivity (Wildman–Crippen MR) is 67.1 cm³/mol. The number of hydrogen-bond acceptors (Lipinski definition) is 3. The van der Waals surface area contributed by atoms with E-state index >= 15 is 0 Å². The molecular weight excluding hydrogens is 243 g/mol. The van der Waals surface area contributed by atoms with Crippen LogP contribution in [-0.4, -0.2) is 13.7 Å². The molecule has 0 radical (unpaired) electrons. The molecule has 0 amide bonds. The molecule has 0 aromatic heterocycles. The van der Waals surface area contributed by atoms with Gasteiger partial charge in [0.25, 0.3) is 0 Å². The van der Waals surface area contributed by atoms with Crippen LogP contribution in [0.25, 0.3) is 0 Å². The Morgan fingerprint density at radius 3 is 2.82 bits per heavy atom. The summed E-state index contributed by atoms with van der Waals surface area (Å²) in [6.07, 6.45) is 0.789. The molecule has 2 atom stereocenters. The zero-order chi connectivity index (χ0) is 12.8. The molecule has 1 aromatic carbocycles. The molecule has 3 nitrogen and oxygen atoms in total. The first-order chi connectivity index (χ1) is 8.11. The van der Waals surface area contributed by atoms with Crippen LogP contribution in [0.2, 0.25) is 5.02 Å². The normalized spacial score (nSPS) is 14.6. The first-order valence-electron chi connectivity index (χ1n) is 5.50. The molecule has 2 unspecified atom stereocenters. The second-order valence-corrected chi connectivity index (χ2v) is 4.45. The Hall–Kier alpha value is -0.680. The molecule has 0 saturated carbocycles. The number of ether oxygens (including phenoxy) is 1. The second-order valence-electron chi connectivity index (χ2n) is 4.05. The first kappa shape index (κ1) is 14.4. The maximum atomic E-state index is 13.9. The van der Waals surface area contributed by atoms with Crippen molar-refractivity contribution in [2.75, 3.05) is 13.7 Å². The highest BCUT2D eigenvalue weighted by Gasteiger charge is 2.21. The summed E-state index contributed by atoms with van der Waals surface area (Å²) in [6, 6.07) is 4.65. The molecule has 0 bridgehead atoms. The molecule has 0 aliphatic heterocycles. The van der Waals surface area contributed by atoms with Crippen LogP contribution < -0.4 is 11.3 Å². The van der Waals surface area contributed by atoms with Crippen LogP contribution in [0.4, 0.5) is 4.39 Å². The number of nitrogens with two attached hydrogens (primary N) is 1. The molecule has 0 spiro atoms. The lowest BCUT2D eigenvalue weighted by molar-refractivity contribution is 0.169. The van der Waals surface area contributed by atoms with Crippen molar-refractivity contribution in [2.45, 2.75) is 19.4 Å². The number of hydrogen-bond donors (Lipinski definition) is 2. The van der Waals surface area contributed by atoms with Gasteiger partial charge in [-0.1, -0.05) is 30.7 Å². The van der Waals surface area contributed by atoms with Gasteiger partial charge in [-0.05, 0) is 18.4 Å². The van der Waals surface area contributed by atoms with E-state index in [1.165, 1.54) is 6.07 Å². The molecular formula is C12H18ClFN2O. The minimum atomic E-state index is -0.415. The number of nitrogens with one attached hydrogen (secondary N) is 1. The molecule has 0 saturated heterocycles. The zero-order valence-corrected chi connectivity index (χ0v) is 10.8. The molecule has 0 aliphatic carbocycles. The largest absolute Gasteiger partial charge is 0.385 e. The van der Waals surface area contributed by atoms with E-state index in [1.54, 1.807) is 19.2 Å². The van der Waals surface area contributed by atoms with Crippen LogP contribution in [0.15, 0.2) is 18.2 Å². The fourth-order valence-electron chi connectivity index (χ4n) is 1.79. The highest BCUT2D eigenvalue weighted by atomic mass is 35.5. The molecule has 0 heterocycles. The van der Waals surface area contributed by atoms with E-state index < -0.39 is 5.82 Å². The van der Waals surface area contributed by atoms with Gasteiger partial charge in [-0.2, -0.15) is 0 Å². The van der Waals surface area contributed by atoms with Gasteiger partial charge in [0.1, 0.15) is 5.82 Å². The number of rotatable bonds is 6. The van der Waals surface area contributed by atoms with E-state index in [0.29, 0.717) is 12.2 Å². The Morgan fingerprint density at radius 2 is 2.24 bits per heavy atom. The van der Waals surface area contributed by atoms with Crippen molar-refractivity contribution in [3.8, 4) is 0 Å². The first-order valence-corrected chi connectivity index (χ1v) is 5.88. The van der Waals surface area contributed by atoms with E-state index in [0.717, 1.165) is 6.42 Å². The van der Waals surface area contributed by atoms with Gasteiger partial charge in [-0.25, -0.2) is 4.39 Å². The summed E-state index contributed by atoms with van der Waals surface area (Å²) >= 11 is 5.76. The number of halogens is 2. The van der Waals surface area contributed by atoms with E-state index in [-0.39, 0.29) is 17.0 Å². The average Bonchev–Trinajstić information content (AvgIpc) is 2.32. The lowest BCUT2D eigenvalue weighted by atomic mass is 9.92. The van der Waals surface area contributed by atoms with Crippen molar-refractivity contribution in [3.63, 3.8) is 0 Å². The average molecular weight is 261 g/mol. The second kappa shape index (κ2) is 6.91. The van der Waals surface area contributed by atoms with Crippen LogP contribution in [0.5, 0.6) is 0 Å². The van der Waals surface area contributed by atoms with Crippen LogP contribution in [-0.2, 0) is 4.74 Å². The minimum Gasteiger partial charge on any atom is -0.385 e. The van der Waals surface area contributed by atoms with Gasteiger partial charge in [0.2, 0.25) is 0 Å². The third-order valence-electron chi connectivity index (χ3n) is 2.84. The Labute approximate surface area is 106 Å². The Kier molecular flexibility index (Phi) is 5.85.